The summed E-state index contributed by atoms with van der Waals surface area (Å²) in [5.74, 6) is 0.261. The van der Waals surface area contributed by atoms with E-state index in [1.807, 2.05) is 18.4 Å². The van der Waals surface area contributed by atoms with Gasteiger partial charge in [-0.25, -0.2) is 0 Å². The lowest BCUT2D eigenvalue weighted by Crippen LogP contribution is -2.13. The summed E-state index contributed by atoms with van der Waals surface area (Å²) in [6.45, 7) is 2.45. The van der Waals surface area contributed by atoms with Crippen molar-refractivity contribution in [1.82, 2.24) is 0 Å². The first-order chi connectivity index (χ1) is 13.1. The van der Waals surface area contributed by atoms with Gasteiger partial charge in [0.05, 0.1) is 16.0 Å². The van der Waals surface area contributed by atoms with Crippen molar-refractivity contribution in [2.45, 2.75) is 6.92 Å². The minimum atomic E-state index is -0.250. The van der Waals surface area contributed by atoms with Gasteiger partial charge >= 0.3 is 0 Å². The van der Waals surface area contributed by atoms with E-state index in [1.54, 1.807) is 48.5 Å². The summed E-state index contributed by atoms with van der Waals surface area (Å²) < 4.78 is 6.17. The zero-order valence-corrected chi connectivity index (χ0v) is 16.9. The highest BCUT2D eigenvalue weighted by molar-refractivity contribution is 9.10. The molecule has 2 amide bonds. The summed E-state index contributed by atoms with van der Waals surface area (Å²) in [4.78, 5) is 25.3. The molecule has 0 aliphatic heterocycles. The van der Waals surface area contributed by atoms with Gasteiger partial charge in [0.1, 0.15) is 5.75 Å². The summed E-state index contributed by atoms with van der Waals surface area (Å²) in [5.41, 5.74) is 1.70. The number of nitrogens with one attached hydrogen (secondary N) is 2. The molecular weight excluding hydrogens is 428 g/mol. The molecular formula is C20H17BrN2O3S. The SMILES string of the molecule is CCOc1ccc(C(=O)Nc2cccc(NC(=O)c3cccs3)c2)cc1Br. The molecule has 5 nitrogen and oxygen atoms in total. The van der Waals surface area contributed by atoms with Crippen molar-refractivity contribution in [2.24, 2.45) is 0 Å². The lowest BCUT2D eigenvalue weighted by atomic mass is 10.2. The molecule has 27 heavy (non-hydrogen) atoms. The number of amides is 2. The molecule has 0 saturated carbocycles. The molecule has 3 aromatic rings. The fraction of sp³-hybridized carbons (Fsp3) is 0.100. The van der Waals surface area contributed by atoms with Crippen LogP contribution < -0.4 is 15.4 Å². The van der Waals surface area contributed by atoms with Crippen molar-refractivity contribution in [2.75, 3.05) is 17.2 Å². The number of carbonyl (C=O) groups excluding carboxylic acids is 2. The van der Waals surface area contributed by atoms with E-state index in [0.29, 0.717) is 38.6 Å². The van der Waals surface area contributed by atoms with Crippen LogP contribution in [0, 0.1) is 0 Å². The fourth-order valence-electron chi connectivity index (χ4n) is 2.39. The Kier molecular flexibility index (Phi) is 6.26. The Hall–Kier alpha value is -2.64. The Morgan fingerprint density at radius 3 is 2.37 bits per heavy atom. The average molecular weight is 445 g/mol. The maximum absolute atomic E-state index is 12.5. The van der Waals surface area contributed by atoms with Gasteiger partial charge in [-0.1, -0.05) is 12.1 Å². The Bertz CT molecular complexity index is 958. The Morgan fingerprint density at radius 1 is 1.00 bits per heavy atom. The van der Waals surface area contributed by atoms with E-state index in [4.69, 9.17) is 4.74 Å². The zero-order chi connectivity index (χ0) is 19.2. The molecule has 0 aliphatic rings. The Balaban J connectivity index is 1.69. The predicted octanol–water partition coefficient (Wildman–Crippen LogP) is 5.41. The van der Waals surface area contributed by atoms with Crippen molar-refractivity contribution < 1.29 is 14.3 Å². The molecule has 0 radical (unpaired) electrons. The monoisotopic (exact) mass is 444 g/mol. The second kappa shape index (κ2) is 8.83. The van der Waals surface area contributed by atoms with Gasteiger partial charge in [-0.3, -0.25) is 9.59 Å². The highest BCUT2D eigenvalue weighted by Crippen LogP contribution is 2.26. The minimum absolute atomic E-state index is 0.177. The van der Waals surface area contributed by atoms with Crippen LogP contribution in [-0.2, 0) is 0 Å². The van der Waals surface area contributed by atoms with Gasteiger partial charge < -0.3 is 15.4 Å². The number of anilines is 2. The van der Waals surface area contributed by atoms with Crippen LogP contribution in [0.3, 0.4) is 0 Å². The standard InChI is InChI=1S/C20H17BrN2O3S/c1-2-26-17-9-8-13(11-16(17)21)19(24)22-14-5-3-6-15(12-14)23-20(25)18-7-4-10-27-18/h3-12H,2H2,1H3,(H,22,24)(H,23,25). The molecule has 1 aromatic heterocycles. The van der Waals surface area contributed by atoms with E-state index in [0.717, 1.165) is 0 Å². The van der Waals surface area contributed by atoms with Gasteiger partial charge in [-0.2, -0.15) is 0 Å². The molecule has 0 unspecified atom stereocenters. The van der Waals surface area contributed by atoms with Gasteiger partial charge in [-0.15, -0.1) is 11.3 Å². The third-order valence-corrected chi connectivity index (χ3v) is 5.11. The molecule has 0 fully saturated rings. The van der Waals surface area contributed by atoms with Gasteiger partial charge in [0.2, 0.25) is 0 Å². The minimum Gasteiger partial charge on any atom is -0.493 e. The molecule has 0 aliphatic carbocycles. The Morgan fingerprint density at radius 2 is 1.74 bits per heavy atom. The molecule has 1 heterocycles. The third-order valence-electron chi connectivity index (χ3n) is 3.62. The van der Waals surface area contributed by atoms with Crippen LogP contribution in [0.4, 0.5) is 11.4 Å². The number of benzene rings is 2. The molecule has 0 saturated heterocycles. The molecule has 0 spiro atoms. The first-order valence-electron chi connectivity index (χ1n) is 8.25. The summed E-state index contributed by atoms with van der Waals surface area (Å²) in [7, 11) is 0. The normalized spacial score (nSPS) is 10.3. The number of rotatable bonds is 6. The maximum atomic E-state index is 12.5. The van der Waals surface area contributed by atoms with Crippen LogP contribution in [0.1, 0.15) is 27.0 Å². The quantitative estimate of drug-likeness (QED) is 0.533. The van der Waals surface area contributed by atoms with Crippen molar-refractivity contribution in [3.8, 4) is 5.75 Å². The lowest BCUT2D eigenvalue weighted by Gasteiger charge is -2.10. The summed E-state index contributed by atoms with van der Waals surface area (Å²) in [6, 6.07) is 15.8. The van der Waals surface area contributed by atoms with Gasteiger partial charge in [0.25, 0.3) is 11.8 Å². The zero-order valence-electron chi connectivity index (χ0n) is 14.5. The first-order valence-corrected chi connectivity index (χ1v) is 9.92. The summed E-state index contributed by atoms with van der Waals surface area (Å²) in [6.07, 6.45) is 0. The molecule has 2 aromatic carbocycles. The van der Waals surface area contributed by atoms with Crippen LogP contribution >= 0.6 is 27.3 Å². The van der Waals surface area contributed by atoms with E-state index >= 15 is 0 Å². The predicted molar refractivity (Wildman–Crippen MR) is 112 cm³/mol. The molecule has 3 rings (SSSR count). The molecule has 7 heteroatoms. The van der Waals surface area contributed by atoms with Gasteiger partial charge in [0.15, 0.2) is 0 Å². The van der Waals surface area contributed by atoms with Crippen LogP contribution in [-0.4, -0.2) is 18.4 Å². The molecule has 2 N–H and O–H groups in total. The van der Waals surface area contributed by atoms with Gasteiger partial charge in [0, 0.05) is 16.9 Å². The van der Waals surface area contributed by atoms with Gasteiger partial charge in [-0.05, 0) is 70.7 Å². The first kappa shape index (κ1) is 19.1. The van der Waals surface area contributed by atoms with E-state index in [2.05, 4.69) is 26.6 Å². The van der Waals surface area contributed by atoms with Crippen LogP contribution in [0.15, 0.2) is 64.5 Å². The Labute approximate surface area is 169 Å². The summed E-state index contributed by atoms with van der Waals surface area (Å²) >= 11 is 4.78. The second-order valence-corrected chi connectivity index (χ2v) is 7.35. The van der Waals surface area contributed by atoms with Crippen molar-refractivity contribution in [3.05, 3.63) is 74.9 Å². The van der Waals surface area contributed by atoms with Crippen LogP contribution in [0.2, 0.25) is 0 Å². The molecule has 0 atom stereocenters. The van der Waals surface area contributed by atoms with E-state index in [-0.39, 0.29) is 11.8 Å². The number of hydrogen-bond acceptors (Lipinski definition) is 4. The maximum Gasteiger partial charge on any atom is 0.265 e. The average Bonchev–Trinajstić information content (AvgIpc) is 3.19. The van der Waals surface area contributed by atoms with Crippen molar-refractivity contribution in [1.29, 1.82) is 0 Å². The topological polar surface area (TPSA) is 67.4 Å². The van der Waals surface area contributed by atoms with Crippen LogP contribution in [0.5, 0.6) is 5.75 Å². The fourth-order valence-corrected chi connectivity index (χ4v) is 3.51. The molecule has 0 bridgehead atoms. The van der Waals surface area contributed by atoms with E-state index < -0.39 is 0 Å². The number of hydrogen-bond donors (Lipinski definition) is 2. The smallest absolute Gasteiger partial charge is 0.265 e. The highest BCUT2D eigenvalue weighted by atomic mass is 79.9. The molecule has 138 valence electrons. The highest BCUT2D eigenvalue weighted by Gasteiger charge is 2.11. The van der Waals surface area contributed by atoms with Crippen LogP contribution in [0.25, 0.3) is 0 Å². The third kappa shape index (κ3) is 4.96. The number of halogens is 1. The van der Waals surface area contributed by atoms with E-state index in [1.165, 1.54) is 11.3 Å². The summed E-state index contributed by atoms with van der Waals surface area (Å²) in [5, 5.41) is 7.51. The number of ether oxygens (including phenoxy) is 1. The number of thiophene rings is 1. The van der Waals surface area contributed by atoms with Crippen molar-refractivity contribution in [3.63, 3.8) is 0 Å². The van der Waals surface area contributed by atoms with E-state index in [9.17, 15) is 9.59 Å². The van der Waals surface area contributed by atoms with Crippen molar-refractivity contribution >= 4 is 50.5 Å². The lowest BCUT2D eigenvalue weighted by molar-refractivity contribution is 0.102. The second-order valence-electron chi connectivity index (χ2n) is 5.54. The largest absolute Gasteiger partial charge is 0.493 e. The number of carbonyl (C=O) groups is 2.